The molecule has 2 aromatic carbocycles. The number of rotatable bonds is 5. The largest absolute Gasteiger partial charge is 0.333 e. The third kappa shape index (κ3) is 3.39. The summed E-state index contributed by atoms with van der Waals surface area (Å²) in [5, 5.41) is 0. The Hall–Kier alpha value is -2.72. The van der Waals surface area contributed by atoms with Gasteiger partial charge in [0.1, 0.15) is 5.82 Å². The number of halogens is 1. The molecule has 0 saturated heterocycles. The molecule has 0 fully saturated rings. The number of carbonyl (C=O) groups is 1. The summed E-state index contributed by atoms with van der Waals surface area (Å²) < 4.78 is 16.4. The van der Waals surface area contributed by atoms with Crippen LogP contribution in [0.4, 0.5) is 4.39 Å². The number of benzene rings is 2. The molecule has 0 radical (unpaired) electrons. The van der Waals surface area contributed by atoms with Crippen molar-refractivity contribution in [1.29, 1.82) is 0 Å². The average Bonchev–Trinajstić information content (AvgIpc) is 3.05. The molecule has 0 spiro atoms. The van der Waals surface area contributed by atoms with Crippen molar-refractivity contribution in [2.75, 3.05) is 0 Å². The summed E-state index contributed by atoms with van der Waals surface area (Å²) in [7, 11) is 0. The van der Waals surface area contributed by atoms with Crippen molar-refractivity contribution in [2.45, 2.75) is 25.4 Å². The molecule has 0 aliphatic carbocycles. The van der Waals surface area contributed by atoms with Crippen molar-refractivity contribution in [3.05, 3.63) is 95.6 Å². The van der Waals surface area contributed by atoms with E-state index in [2.05, 4.69) is 0 Å². The van der Waals surface area contributed by atoms with E-state index in [1.54, 1.807) is 54.9 Å². The van der Waals surface area contributed by atoms with Crippen LogP contribution in [0.3, 0.4) is 0 Å². The lowest BCUT2D eigenvalue weighted by atomic mass is 9.95. The Morgan fingerprint density at radius 2 is 1.64 bits per heavy atom. The molecular formula is C21H21FN2O. The normalized spacial score (nSPS) is 12.8. The Balaban J connectivity index is 2.20. The third-order valence-corrected chi connectivity index (χ3v) is 4.19. The van der Waals surface area contributed by atoms with Gasteiger partial charge in [0.2, 0.25) is 0 Å². The first-order valence-electron chi connectivity index (χ1n) is 8.19. The highest BCUT2D eigenvalue weighted by molar-refractivity contribution is 6.01. The quantitative estimate of drug-likeness (QED) is 0.710. The van der Waals surface area contributed by atoms with Crippen molar-refractivity contribution in [3.8, 4) is 0 Å². The average molecular weight is 336 g/mol. The lowest BCUT2D eigenvalue weighted by Gasteiger charge is -2.25. The van der Waals surface area contributed by atoms with Gasteiger partial charge in [0, 0.05) is 11.8 Å². The van der Waals surface area contributed by atoms with Crippen LogP contribution in [0, 0.1) is 5.82 Å². The molecule has 3 rings (SSSR count). The number of nitrogens with zero attached hydrogens (tertiary/aromatic N) is 1. The van der Waals surface area contributed by atoms with Crippen molar-refractivity contribution in [1.82, 2.24) is 4.57 Å². The van der Waals surface area contributed by atoms with Gasteiger partial charge in [0.25, 0.3) is 0 Å². The monoisotopic (exact) mass is 336 g/mol. The zero-order chi connectivity index (χ0) is 18.0. The highest BCUT2D eigenvalue weighted by Crippen LogP contribution is 2.31. The lowest BCUT2D eigenvalue weighted by molar-refractivity contribution is 0.0903. The summed E-state index contributed by atoms with van der Waals surface area (Å²) in [6.07, 6.45) is 1.79. The first-order chi connectivity index (χ1) is 11.9. The second-order valence-corrected chi connectivity index (χ2v) is 6.69. The number of carbonyl (C=O) groups excluding carboxylic acids is 1. The van der Waals surface area contributed by atoms with Gasteiger partial charge in [0.05, 0.1) is 17.3 Å². The van der Waals surface area contributed by atoms with Crippen LogP contribution in [0.15, 0.2) is 72.9 Å². The third-order valence-electron chi connectivity index (χ3n) is 4.19. The SMILES string of the molecule is CC(C)(N)C(=O)c1cccn1C(c1ccccc1)c1ccccc1F. The molecule has 3 nitrogen and oxygen atoms in total. The molecule has 0 saturated carbocycles. The topological polar surface area (TPSA) is 48.0 Å². The van der Waals surface area contributed by atoms with Gasteiger partial charge in [0.15, 0.2) is 5.78 Å². The van der Waals surface area contributed by atoms with E-state index in [0.29, 0.717) is 11.3 Å². The van der Waals surface area contributed by atoms with Crippen LogP contribution in [0.25, 0.3) is 0 Å². The number of hydrogen-bond donors (Lipinski definition) is 1. The second kappa shape index (κ2) is 6.65. The smallest absolute Gasteiger partial charge is 0.198 e. The molecular weight excluding hydrogens is 315 g/mol. The second-order valence-electron chi connectivity index (χ2n) is 6.69. The fraction of sp³-hybridized carbons (Fsp3) is 0.190. The fourth-order valence-electron chi connectivity index (χ4n) is 2.96. The van der Waals surface area contributed by atoms with E-state index in [4.69, 9.17) is 5.73 Å². The summed E-state index contributed by atoms with van der Waals surface area (Å²) in [5.74, 6) is -0.495. The predicted molar refractivity (Wildman–Crippen MR) is 97.1 cm³/mol. The summed E-state index contributed by atoms with van der Waals surface area (Å²) in [4.78, 5) is 12.8. The highest BCUT2D eigenvalue weighted by Gasteiger charge is 2.29. The van der Waals surface area contributed by atoms with Gasteiger partial charge in [-0.25, -0.2) is 4.39 Å². The first kappa shape index (κ1) is 17.1. The molecule has 1 heterocycles. The van der Waals surface area contributed by atoms with E-state index < -0.39 is 11.6 Å². The number of aromatic nitrogens is 1. The van der Waals surface area contributed by atoms with Crippen LogP contribution in [0.1, 0.15) is 41.5 Å². The van der Waals surface area contributed by atoms with Crippen molar-refractivity contribution in [2.24, 2.45) is 5.73 Å². The van der Waals surface area contributed by atoms with E-state index in [9.17, 15) is 9.18 Å². The van der Waals surface area contributed by atoms with Crippen molar-refractivity contribution >= 4 is 5.78 Å². The number of ketones is 1. The Labute approximate surface area is 146 Å². The number of hydrogen-bond acceptors (Lipinski definition) is 2. The summed E-state index contributed by atoms with van der Waals surface area (Å²) in [5.41, 5.74) is 6.87. The molecule has 1 unspecified atom stereocenters. The maximum atomic E-state index is 14.6. The highest BCUT2D eigenvalue weighted by atomic mass is 19.1. The van der Waals surface area contributed by atoms with Crippen molar-refractivity contribution in [3.63, 3.8) is 0 Å². The van der Waals surface area contributed by atoms with Gasteiger partial charge in [-0.3, -0.25) is 4.79 Å². The molecule has 0 aliphatic rings. The summed E-state index contributed by atoms with van der Waals surface area (Å²) >= 11 is 0. The van der Waals surface area contributed by atoms with Crippen LogP contribution >= 0.6 is 0 Å². The summed E-state index contributed by atoms with van der Waals surface area (Å²) in [6, 6.07) is 19.3. The zero-order valence-electron chi connectivity index (χ0n) is 14.3. The zero-order valence-corrected chi connectivity index (χ0v) is 14.3. The molecule has 25 heavy (non-hydrogen) atoms. The van der Waals surface area contributed by atoms with Crippen LogP contribution in [0.2, 0.25) is 0 Å². The molecule has 2 N–H and O–H groups in total. The standard InChI is InChI=1S/C21H21FN2O/c1-21(2,23)20(25)18-13-8-14-24(18)19(15-9-4-3-5-10-15)16-11-6-7-12-17(16)22/h3-14,19H,23H2,1-2H3. The molecule has 3 aromatic rings. The van der Waals surface area contributed by atoms with E-state index >= 15 is 0 Å². The Bertz CT molecular complexity index is 878. The predicted octanol–water partition coefficient (Wildman–Crippen LogP) is 4.18. The minimum atomic E-state index is -1.01. The number of nitrogens with two attached hydrogens (primary N) is 1. The van der Waals surface area contributed by atoms with E-state index in [1.165, 1.54) is 6.07 Å². The Morgan fingerprint density at radius 3 is 2.28 bits per heavy atom. The van der Waals surface area contributed by atoms with Gasteiger partial charge < -0.3 is 10.3 Å². The molecule has 1 aromatic heterocycles. The van der Waals surface area contributed by atoms with Gasteiger partial charge >= 0.3 is 0 Å². The fourth-order valence-corrected chi connectivity index (χ4v) is 2.96. The van der Waals surface area contributed by atoms with Crippen LogP contribution in [-0.2, 0) is 0 Å². The van der Waals surface area contributed by atoms with E-state index in [0.717, 1.165) is 5.56 Å². The van der Waals surface area contributed by atoms with E-state index in [1.807, 2.05) is 30.3 Å². The van der Waals surface area contributed by atoms with E-state index in [-0.39, 0.29) is 11.6 Å². The molecule has 128 valence electrons. The van der Waals surface area contributed by atoms with Gasteiger partial charge in [-0.05, 0) is 37.6 Å². The lowest BCUT2D eigenvalue weighted by Crippen LogP contribution is -2.42. The van der Waals surface area contributed by atoms with Gasteiger partial charge in [-0.15, -0.1) is 0 Å². The minimum Gasteiger partial charge on any atom is -0.333 e. The molecule has 0 bridgehead atoms. The van der Waals surface area contributed by atoms with Crippen LogP contribution < -0.4 is 5.73 Å². The van der Waals surface area contributed by atoms with Gasteiger partial charge in [-0.2, -0.15) is 0 Å². The van der Waals surface area contributed by atoms with Crippen LogP contribution in [0.5, 0.6) is 0 Å². The minimum absolute atomic E-state index is 0.185. The van der Waals surface area contributed by atoms with Crippen LogP contribution in [-0.4, -0.2) is 15.9 Å². The maximum absolute atomic E-state index is 14.6. The van der Waals surface area contributed by atoms with Gasteiger partial charge in [-0.1, -0.05) is 48.5 Å². The molecule has 1 atom stereocenters. The molecule has 0 amide bonds. The molecule has 0 aliphatic heterocycles. The summed E-state index contributed by atoms with van der Waals surface area (Å²) in [6.45, 7) is 3.35. The molecule has 4 heteroatoms. The number of Topliss-reactive ketones (excluding diaryl/α,β-unsaturated/α-hetero) is 1. The maximum Gasteiger partial charge on any atom is 0.198 e. The van der Waals surface area contributed by atoms with Crippen molar-refractivity contribution < 1.29 is 9.18 Å². The first-order valence-corrected chi connectivity index (χ1v) is 8.19. The Morgan fingerprint density at radius 1 is 1.00 bits per heavy atom. The Kier molecular flexibility index (Phi) is 4.55.